The summed E-state index contributed by atoms with van der Waals surface area (Å²) >= 11 is 0. The van der Waals surface area contributed by atoms with Gasteiger partial charge in [-0.1, -0.05) is 26.0 Å². The van der Waals surface area contributed by atoms with E-state index in [1.807, 2.05) is 13.8 Å². The number of ether oxygens (including phenoxy) is 1. The van der Waals surface area contributed by atoms with Crippen LogP contribution in [0.2, 0.25) is 0 Å². The van der Waals surface area contributed by atoms with Gasteiger partial charge in [-0.15, -0.1) is 0 Å². The number of hydrogen-bond donors (Lipinski definition) is 0. The number of rotatable bonds is 1. The predicted octanol–water partition coefficient (Wildman–Crippen LogP) is 2.45. The van der Waals surface area contributed by atoms with Crippen LogP contribution in [-0.2, 0) is 9.53 Å². The van der Waals surface area contributed by atoms with Gasteiger partial charge in [0.1, 0.15) is 5.78 Å². The van der Waals surface area contributed by atoms with Crippen LogP contribution < -0.4 is 0 Å². The minimum Gasteiger partial charge on any atom is -0.380 e. The third-order valence-electron chi connectivity index (χ3n) is 4.87. The van der Waals surface area contributed by atoms with Gasteiger partial charge in [-0.25, -0.2) is 0 Å². The van der Waals surface area contributed by atoms with E-state index in [4.69, 9.17) is 4.74 Å². The maximum absolute atomic E-state index is 12.6. The highest BCUT2D eigenvalue weighted by Crippen LogP contribution is 2.45. The maximum atomic E-state index is 12.6. The molecule has 3 aliphatic rings. The Kier molecular flexibility index (Phi) is 4.06. The van der Waals surface area contributed by atoms with Crippen LogP contribution in [0.5, 0.6) is 0 Å². The number of imide groups is 1. The molecule has 1 unspecified atom stereocenters. The lowest BCUT2D eigenvalue weighted by Crippen LogP contribution is -2.62. The Morgan fingerprint density at radius 1 is 1.04 bits per heavy atom. The fourth-order valence-electron chi connectivity index (χ4n) is 3.76. The van der Waals surface area contributed by atoms with Crippen molar-refractivity contribution in [2.45, 2.75) is 39.2 Å². The molecule has 23 heavy (non-hydrogen) atoms. The van der Waals surface area contributed by atoms with Crippen LogP contribution in [0.4, 0.5) is 0 Å². The first-order valence-corrected chi connectivity index (χ1v) is 8.19. The first-order chi connectivity index (χ1) is 11.1. The van der Waals surface area contributed by atoms with E-state index in [0.717, 1.165) is 0 Å². The molecule has 1 aromatic rings. The van der Waals surface area contributed by atoms with E-state index in [2.05, 4.69) is 0 Å². The van der Waals surface area contributed by atoms with Crippen LogP contribution in [0.3, 0.4) is 0 Å². The van der Waals surface area contributed by atoms with Crippen LogP contribution in [0.1, 0.15) is 53.8 Å². The molecule has 0 bridgehead atoms. The summed E-state index contributed by atoms with van der Waals surface area (Å²) in [5, 5.41) is 0. The molecule has 122 valence electrons. The Morgan fingerprint density at radius 2 is 1.61 bits per heavy atom. The van der Waals surface area contributed by atoms with E-state index >= 15 is 0 Å². The Morgan fingerprint density at radius 3 is 2.09 bits per heavy atom. The van der Waals surface area contributed by atoms with Gasteiger partial charge in [-0.05, 0) is 18.6 Å². The van der Waals surface area contributed by atoms with Crippen molar-refractivity contribution in [3.63, 3.8) is 0 Å². The second-order valence-electron chi connectivity index (χ2n) is 6.15. The third-order valence-corrected chi connectivity index (χ3v) is 4.87. The van der Waals surface area contributed by atoms with Crippen molar-refractivity contribution in [2.24, 2.45) is 5.41 Å². The largest absolute Gasteiger partial charge is 0.380 e. The molecule has 2 heterocycles. The van der Waals surface area contributed by atoms with Crippen molar-refractivity contribution in [2.75, 3.05) is 13.2 Å². The maximum Gasteiger partial charge on any atom is 0.261 e. The average molecular weight is 315 g/mol. The zero-order valence-corrected chi connectivity index (χ0v) is 13.5. The first-order valence-electron chi connectivity index (χ1n) is 8.19. The van der Waals surface area contributed by atoms with Crippen LogP contribution in [0.15, 0.2) is 24.3 Å². The quantitative estimate of drug-likeness (QED) is 0.747. The van der Waals surface area contributed by atoms with E-state index in [-0.39, 0.29) is 29.1 Å². The summed E-state index contributed by atoms with van der Waals surface area (Å²) in [4.78, 5) is 38.3. The van der Waals surface area contributed by atoms with Gasteiger partial charge in [0.25, 0.3) is 11.8 Å². The van der Waals surface area contributed by atoms with E-state index < -0.39 is 0 Å². The van der Waals surface area contributed by atoms with Crippen LogP contribution in [-0.4, -0.2) is 41.8 Å². The Hall–Kier alpha value is -2.01. The van der Waals surface area contributed by atoms with Crippen molar-refractivity contribution in [1.82, 2.24) is 4.90 Å². The molecule has 1 atom stereocenters. The highest BCUT2D eigenvalue weighted by atomic mass is 16.5. The fraction of sp³-hybridized carbons (Fsp3) is 0.500. The Balaban J connectivity index is 0.000000753. The standard InChI is InChI=1S/C16H15NO4.C2H6/c18-10-5-6-13(16(7-10)8-21-9-16)17-14(19)11-3-1-2-4-12(11)15(17)20;1-2/h1-4,13H,5-9H2;1-2H3. The monoisotopic (exact) mass is 315 g/mol. The summed E-state index contributed by atoms with van der Waals surface area (Å²) in [6.07, 6.45) is 1.39. The summed E-state index contributed by atoms with van der Waals surface area (Å²) in [5.74, 6) is -0.270. The highest BCUT2D eigenvalue weighted by Gasteiger charge is 2.55. The molecule has 0 aromatic heterocycles. The number of benzene rings is 1. The molecular formula is C18H21NO4. The number of nitrogens with zero attached hydrogens (tertiary/aromatic N) is 1. The fourth-order valence-corrected chi connectivity index (χ4v) is 3.76. The van der Waals surface area contributed by atoms with Gasteiger partial charge in [-0.2, -0.15) is 0 Å². The number of hydrogen-bond acceptors (Lipinski definition) is 4. The number of fused-ring (bicyclic) bond motifs is 1. The van der Waals surface area contributed by atoms with E-state index in [1.54, 1.807) is 24.3 Å². The summed E-state index contributed by atoms with van der Waals surface area (Å²) in [5.41, 5.74) is 0.576. The molecule has 1 aliphatic carbocycles. The predicted molar refractivity (Wildman–Crippen MR) is 84.2 cm³/mol. The molecule has 4 rings (SSSR count). The van der Waals surface area contributed by atoms with E-state index in [9.17, 15) is 14.4 Å². The van der Waals surface area contributed by atoms with Crippen molar-refractivity contribution in [3.8, 4) is 0 Å². The summed E-state index contributed by atoms with van der Waals surface area (Å²) in [6.45, 7) is 4.91. The van der Waals surface area contributed by atoms with Gasteiger partial charge in [0.15, 0.2) is 0 Å². The van der Waals surface area contributed by atoms with Gasteiger partial charge in [0, 0.05) is 18.3 Å². The highest BCUT2D eigenvalue weighted by molar-refractivity contribution is 6.21. The minimum atomic E-state index is -0.358. The molecule has 2 amide bonds. The van der Waals surface area contributed by atoms with Crippen LogP contribution >= 0.6 is 0 Å². The van der Waals surface area contributed by atoms with Gasteiger partial charge in [-0.3, -0.25) is 19.3 Å². The number of Topliss-reactive ketones (excluding diaryl/α,β-unsaturated/α-hetero) is 1. The molecular weight excluding hydrogens is 294 g/mol. The average Bonchev–Trinajstić information content (AvgIpc) is 2.80. The molecule has 0 N–H and O–H groups in total. The van der Waals surface area contributed by atoms with Crippen molar-refractivity contribution >= 4 is 17.6 Å². The van der Waals surface area contributed by atoms with Crippen LogP contribution in [0, 0.1) is 5.41 Å². The lowest BCUT2D eigenvalue weighted by atomic mass is 9.67. The molecule has 1 spiro atoms. The Bertz CT molecular complexity index is 628. The van der Waals surface area contributed by atoms with Gasteiger partial charge < -0.3 is 4.74 Å². The topological polar surface area (TPSA) is 63.7 Å². The number of carbonyl (C=O) groups is 3. The molecule has 1 saturated carbocycles. The zero-order chi connectivity index (χ0) is 16.6. The van der Waals surface area contributed by atoms with E-state index in [0.29, 0.717) is 43.6 Å². The van der Waals surface area contributed by atoms with Crippen molar-refractivity contribution in [3.05, 3.63) is 35.4 Å². The van der Waals surface area contributed by atoms with Gasteiger partial charge in [0.05, 0.1) is 30.4 Å². The minimum absolute atomic E-state index is 0.200. The van der Waals surface area contributed by atoms with Crippen molar-refractivity contribution in [1.29, 1.82) is 0 Å². The van der Waals surface area contributed by atoms with Gasteiger partial charge >= 0.3 is 0 Å². The lowest BCUT2D eigenvalue weighted by molar-refractivity contribution is -0.168. The summed E-state index contributed by atoms with van der Waals surface area (Å²) in [6, 6.07) is 6.68. The molecule has 5 nitrogen and oxygen atoms in total. The number of carbonyl (C=O) groups excluding carboxylic acids is 3. The third kappa shape index (κ3) is 2.30. The van der Waals surface area contributed by atoms with Gasteiger partial charge in [0.2, 0.25) is 0 Å². The molecule has 2 aliphatic heterocycles. The second kappa shape index (κ2) is 5.89. The molecule has 2 fully saturated rings. The second-order valence-corrected chi connectivity index (χ2v) is 6.15. The zero-order valence-electron chi connectivity index (χ0n) is 13.5. The molecule has 0 radical (unpaired) electrons. The number of amides is 2. The SMILES string of the molecule is CC.O=C1CCC(N2C(=O)c3ccccc3C2=O)C2(COC2)C1. The van der Waals surface area contributed by atoms with Crippen LogP contribution in [0.25, 0.3) is 0 Å². The van der Waals surface area contributed by atoms with Crippen molar-refractivity contribution < 1.29 is 19.1 Å². The normalized spacial score (nSPS) is 24.9. The molecule has 1 aromatic carbocycles. The summed E-state index contributed by atoms with van der Waals surface area (Å²) in [7, 11) is 0. The molecule has 5 heteroatoms. The smallest absolute Gasteiger partial charge is 0.261 e. The number of ketones is 1. The first kappa shape index (κ1) is 15.9. The Labute approximate surface area is 135 Å². The lowest BCUT2D eigenvalue weighted by Gasteiger charge is -2.51. The summed E-state index contributed by atoms with van der Waals surface area (Å²) < 4.78 is 5.30. The van der Waals surface area contributed by atoms with E-state index in [1.165, 1.54) is 4.90 Å². The molecule has 1 saturated heterocycles.